The number of methoxy groups -OCH3 is 1. The maximum atomic E-state index is 12.9. The molecule has 2 N–H and O–H groups in total. The number of hydrogen-bond acceptors (Lipinski definition) is 6. The molecule has 176 valence electrons. The van der Waals surface area contributed by atoms with Gasteiger partial charge in [-0.05, 0) is 49.4 Å². The average Bonchev–Trinajstić information content (AvgIpc) is 2.98. The summed E-state index contributed by atoms with van der Waals surface area (Å²) in [6.07, 6.45) is 0. The molecule has 1 unspecified atom stereocenters. The van der Waals surface area contributed by atoms with Gasteiger partial charge in [-0.3, -0.25) is 19.9 Å². The minimum atomic E-state index is -2.90. The first-order valence-corrected chi connectivity index (χ1v) is 9.95. The Balaban J connectivity index is 1.58. The standard InChI is InChI=1S/C22H24F2N4O5/c1-22(15-6-10-16(32-3)11-7-15)19(30)28(21(31)25-22)26-18(29)13-27(2)12-14-4-8-17(9-5-14)33-20(23)24/h4-11,20H,12-13H2,1-3H3,(H,25,31)(H,26,29). The van der Waals surface area contributed by atoms with Crippen LogP contribution in [0.5, 0.6) is 11.5 Å². The van der Waals surface area contributed by atoms with E-state index in [1.807, 2.05) is 0 Å². The van der Waals surface area contributed by atoms with Crippen LogP contribution in [0.25, 0.3) is 0 Å². The van der Waals surface area contributed by atoms with Crippen molar-refractivity contribution in [2.24, 2.45) is 0 Å². The van der Waals surface area contributed by atoms with Crippen LogP contribution in [0.3, 0.4) is 0 Å². The lowest BCUT2D eigenvalue weighted by atomic mass is 9.92. The number of nitrogens with zero attached hydrogens (tertiary/aromatic N) is 2. The number of nitrogens with one attached hydrogen (secondary N) is 2. The Labute approximate surface area is 189 Å². The van der Waals surface area contributed by atoms with Crippen molar-refractivity contribution in [1.29, 1.82) is 0 Å². The van der Waals surface area contributed by atoms with Crippen LogP contribution < -0.4 is 20.2 Å². The molecular weight excluding hydrogens is 438 g/mol. The number of hydrazine groups is 1. The third kappa shape index (κ3) is 5.55. The average molecular weight is 462 g/mol. The van der Waals surface area contributed by atoms with Crippen LogP contribution in [0, 0.1) is 0 Å². The molecule has 0 bridgehead atoms. The third-order valence-electron chi connectivity index (χ3n) is 5.11. The first-order chi connectivity index (χ1) is 15.6. The molecule has 0 saturated carbocycles. The summed E-state index contributed by atoms with van der Waals surface area (Å²) in [6.45, 7) is -1.15. The minimum absolute atomic E-state index is 0.0348. The van der Waals surface area contributed by atoms with Crippen molar-refractivity contribution in [3.63, 3.8) is 0 Å². The van der Waals surface area contributed by atoms with Gasteiger partial charge in [-0.15, -0.1) is 0 Å². The number of alkyl halides is 2. The van der Waals surface area contributed by atoms with Crippen LogP contribution in [-0.2, 0) is 21.7 Å². The van der Waals surface area contributed by atoms with Gasteiger partial charge in [0.25, 0.3) is 11.8 Å². The van der Waals surface area contributed by atoms with Gasteiger partial charge < -0.3 is 14.8 Å². The summed E-state index contributed by atoms with van der Waals surface area (Å²) in [5.74, 6) is -0.558. The number of rotatable bonds is 9. The van der Waals surface area contributed by atoms with Gasteiger partial charge in [0.05, 0.1) is 13.7 Å². The maximum absolute atomic E-state index is 12.9. The fraction of sp³-hybridized carbons (Fsp3) is 0.318. The molecule has 33 heavy (non-hydrogen) atoms. The second kappa shape index (κ2) is 9.82. The lowest BCUT2D eigenvalue weighted by Gasteiger charge is -2.23. The summed E-state index contributed by atoms with van der Waals surface area (Å²) >= 11 is 0. The molecule has 9 nitrogen and oxygen atoms in total. The molecule has 1 atom stereocenters. The number of imide groups is 1. The Morgan fingerprint density at radius 3 is 2.30 bits per heavy atom. The highest BCUT2D eigenvalue weighted by molar-refractivity contribution is 6.08. The normalized spacial score (nSPS) is 18.0. The van der Waals surface area contributed by atoms with Crippen molar-refractivity contribution >= 4 is 17.8 Å². The number of urea groups is 1. The second-order valence-electron chi connectivity index (χ2n) is 7.65. The van der Waals surface area contributed by atoms with Crippen molar-refractivity contribution in [3.05, 3.63) is 59.7 Å². The van der Waals surface area contributed by atoms with E-state index >= 15 is 0 Å². The van der Waals surface area contributed by atoms with Gasteiger partial charge in [-0.1, -0.05) is 24.3 Å². The summed E-state index contributed by atoms with van der Waals surface area (Å²) in [7, 11) is 3.18. The van der Waals surface area contributed by atoms with Gasteiger partial charge in [-0.2, -0.15) is 13.8 Å². The topological polar surface area (TPSA) is 100 Å². The third-order valence-corrected chi connectivity index (χ3v) is 5.11. The molecule has 1 aliphatic rings. The number of ether oxygens (including phenoxy) is 2. The number of halogens is 2. The van der Waals surface area contributed by atoms with Crippen molar-refractivity contribution in [1.82, 2.24) is 20.7 Å². The van der Waals surface area contributed by atoms with Crippen LogP contribution in [-0.4, -0.2) is 55.1 Å². The van der Waals surface area contributed by atoms with Crippen molar-refractivity contribution in [2.75, 3.05) is 20.7 Å². The predicted molar refractivity (Wildman–Crippen MR) is 113 cm³/mol. The summed E-state index contributed by atoms with van der Waals surface area (Å²) < 4.78 is 33.9. The van der Waals surface area contributed by atoms with E-state index in [1.54, 1.807) is 55.3 Å². The molecule has 1 aliphatic heterocycles. The fourth-order valence-electron chi connectivity index (χ4n) is 3.41. The quantitative estimate of drug-likeness (QED) is 0.555. The number of hydrogen-bond donors (Lipinski definition) is 2. The molecule has 0 aromatic heterocycles. The number of benzene rings is 2. The van der Waals surface area contributed by atoms with E-state index in [9.17, 15) is 23.2 Å². The van der Waals surface area contributed by atoms with Gasteiger partial charge in [-0.25, -0.2) is 4.79 Å². The highest BCUT2D eigenvalue weighted by atomic mass is 19.3. The van der Waals surface area contributed by atoms with E-state index in [0.717, 1.165) is 5.56 Å². The Morgan fingerprint density at radius 2 is 1.73 bits per heavy atom. The molecular formula is C22H24F2N4O5. The SMILES string of the molecule is COc1ccc(C2(C)NC(=O)N(NC(=O)CN(C)Cc3ccc(OC(F)F)cc3)C2=O)cc1. The van der Waals surface area contributed by atoms with E-state index in [1.165, 1.54) is 19.2 Å². The molecule has 2 aromatic carbocycles. The second-order valence-corrected chi connectivity index (χ2v) is 7.65. The molecule has 2 aromatic rings. The summed E-state index contributed by atoms with van der Waals surface area (Å²) in [5, 5.41) is 3.27. The van der Waals surface area contributed by atoms with E-state index < -0.39 is 30.0 Å². The van der Waals surface area contributed by atoms with Crippen LogP contribution in [0.1, 0.15) is 18.1 Å². The zero-order valence-electron chi connectivity index (χ0n) is 18.3. The van der Waals surface area contributed by atoms with E-state index in [4.69, 9.17) is 4.74 Å². The smallest absolute Gasteiger partial charge is 0.387 e. The van der Waals surface area contributed by atoms with Crippen LogP contribution >= 0.6 is 0 Å². The molecule has 11 heteroatoms. The number of amides is 4. The molecule has 1 saturated heterocycles. The Kier molecular flexibility index (Phi) is 7.12. The van der Waals surface area contributed by atoms with Crippen LogP contribution in [0.2, 0.25) is 0 Å². The highest BCUT2D eigenvalue weighted by Crippen LogP contribution is 2.29. The molecule has 0 radical (unpaired) electrons. The number of carbonyl (C=O) groups is 3. The Bertz CT molecular complexity index is 1020. The minimum Gasteiger partial charge on any atom is -0.497 e. The van der Waals surface area contributed by atoms with E-state index in [0.29, 0.717) is 22.9 Å². The van der Waals surface area contributed by atoms with Gasteiger partial charge in [0.2, 0.25) is 0 Å². The van der Waals surface area contributed by atoms with Gasteiger partial charge in [0.15, 0.2) is 0 Å². The Hall–Kier alpha value is -3.73. The first-order valence-electron chi connectivity index (χ1n) is 9.95. The van der Waals surface area contributed by atoms with E-state index in [-0.39, 0.29) is 12.3 Å². The van der Waals surface area contributed by atoms with Gasteiger partial charge >= 0.3 is 12.6 Å². The summed E-state index contributed by atoms with van der Waals surface area (Å²) in [5.41, 5.74) is 2.29. The highest BCUT2D eigenvalue weighted by Gasteiger charge is 2.50. The Morgan fingerprint density at radius 1 is 1.12 bits per heavy atom. The van der Waals surface area contributed by atoms with Crippen molar-refractivity contribution < 1.29 is 32.6 Å². The van der Waals surface area contributed by atoms with Gasteiger partial charge in [0.1, 0.15) is 17.0 Å². The lowest BCUT2D eigenvalue weighted by Crippen LogP contribution is -2.50. The summed E-state index contributed by atoms with van der Waals surface area (Å²) in [4.78, 5) is 39.4. The fourth-order valence-corrected chi connectivity index (χ4v) is 3.41. The molecule has 1 heterocycles. The molecule has 3 rings (SSSR count). The van der Waals surface area contributed by atoms with Crippen LogP contribution in [0.4, 0.5) is 13.6 Å². The largest absolute Gasteiger partial charge is 0.497 e. The predicted octanol–water partition coefficient (Wildman–Crippen LogP) is 2.23. The number of carbonyl (C=O) groups excluding carboxylic acids is 3. The van der Waals surface area contributed by atoms with Crippen molar-refractivity contribution in [3.8, 4) is 11.5 Å². The zero-order chi connectivity index (χ0) is 24.2. The maximum Gasteiger partial charge on any atom is 0.387 e. The molecule has 0 spiro atoms. The molecule has 4 amide bonds. The van der Waals surface area contributed by atoms with Crippen molar-refractivity contribution in [2.45, 2.75) is 25.6 Å². The zero-order valence-corrected chi connectivity index (χ0v) is 18.3. The van der Waals surface area contributed by atoms with Gasteiger partial charge in [0, 0.05) is 6.54 Å². The lowest BCUT2D eigenvalue weighted by molar-refractivity contribution is -0.139. The van der Waals surface area contributed by atoms with E-state index in [2.05, 4.69) is 15.5 Å². The number of likely N-dealkylation sites (N-methyl/N-ethyl adjacent to an activating group) is 1. The first kappa shape index (κ1) is 23.9. The summed E-state index contributed by atoms with van der Waals surface area (Å²) in [6, 6.07) is 11.9. The van der Waals surface area contributed by atoms with Crippen LogP contribution in [0.15, 0.2) is 48.5 Å². The molecule has 1 fully saturated rings. The monoisotopic (exact) mass is 462 g/mol. The molecule has 0 aliphatic carbocycles.